The fourth-order valence-electron chi connectivity index (χ4n) is 3.25. The Morgan fingerprint density at radius 3 is 2.96 bits per heavy atom. The molecule has 2 aliphatic rings. The van der Waals surface area contributed by atoms with Gasteiger partial charge in [0.15, 0.2) is 0 Å². The predicted molar refractivity (Wildman–Crippen MR) is 88.4 cm³/mol. The zero-order valence-corrected chi connectivity index (χ0v) is 14.0. The lowest BCUT2D eigenvalue weighted by Gasteiger charge is -2.23. The van der Waals surface area contributed by atoms with Gasteiger partial charge in [-0.2, -0.15) is 0 Å². The molecular weight excluding hydrogens is 322 g/mol. The number of nitrogens with zero attached hydrogens (tertiary/aromatic N) is 6. The van der Waals surface area contributed by atoms with Crippen LogP contribution in [0.3, 0.4) is 0 Å². The molecule has 9 heteroatoms. The maximum absolute atomic E-state index is 12.7. The van der Waals surface area contributed by atoms with Crippen molar-refractivity contribution in [1.29, 1.82) is 0 Å². The Bertz CT molecular complexity index is 727. The van der Waals surface area contributed by atoms with Crippen LogP contribution in [0.15, 0.2) is 18.5 Å². The minimum Gasteiger partial charge on any atom is -0.368 e. The van der Waals surface area contributed by atoms with Gasteiger partial charge in [0.2, 0.25) is 5.95 Å². The first-order valence-electron chi connectivity index (χ1n) is 8.64. The lowest BCUT2D eigenvalue weighted by Crippen LogP contribution is -2.38. The molecule has 0 bridgehead atoms. The Labute approximate surface area is 145 Å². The predicted octanol–water partition coefficient (Wildman–Crippen LogP) is 0.591. The van der Waals surface area contributed by atoms with Gasteiger partial charge in [0.25, 0.3) is 5.91 Å². The maximum atomic E-state index is 12.7. The summed E-state index contributed by atoms with van der Waals surface area (Å²) in [5.41, 5.74) is 1.78. The van der Waals surface area contributed by atoms with Gasteiger partial charge in [0, 0.05) is 32.1 Å². The van der Waals surface area contributed by atoms with Crippen LogP contribution < -0.4 is 5.32 Å². The average Bonchev–Trinajstić information content (AvgIpc) is 3.26. The summed E-state index contributed by atoms with van der Waals surface area (Å²) >= 11 is 0. The van der Waals surface area contributed by atoms with E-state index in [-0.39, 0.29) is 12.0 Å². The molecule has 1 saturated heterocycles. The van der Waals surface area contributed by atoms with Crippen molar-refractivity contribution in [3.63, 3.8) is 0 Å². The van der Waals surface area contributed by atoms with Crippen LogP contribution in [-0.4, -0.2) is 55.0 Å². The van der Waals surface area contributed by atoms with E-state index in [0.29, 0.717) is 25.6 Å². The third-order valence-corrected chi connectivity index (χ3v) is 4.55. The van der Waals surface area contributed by atoms with E-state index in [1.165, 1.54) is 0 Å². The quantitative estimate of drug-likeness (QED) is 0.867. The summed E-state index contributed by atoms with van der Waals surface area (Å²) in [5.74, 6) is 0.627. The smallest absolute Gasteiger partial charge is 0.252 e. The summed E-state index contributed by atoms with van der Waals surface area (Å²) in [6.45, 7) is 3.14. The first-order valence-corrected chi connectivity index (χ1v) is 8.64. The van der Waals surface area contributed by atoms with Crippen LogP contribution >= 0.6 is 0 Å². The fourth-order valence-corrected chi connectivity index (χ4v) is 3.25. The second-order valence-electron chi connectivity index (χ2n) is 6.25. The summed E-state index contributed by atoms with van der Waals surface area (Å²) in [6.07, 6.45) is 5.71. The molecular formula is C16H21N7O2. The minimum atomic E-state index is -0.290. The molecule has 132 valence electrons. The van der Waals surface area contributed by atoms with Gasteiger partial charge in [0.05, 0.1) is 18.8 Å². The van der Waals surface area contributed by atoms with E-state index in [0.717, 1.165) is 43.7 Å². The zero-order valence-electron chi connectivity index (χ0n) is 14.0. The summed E-state index contributed by atoms with van der Waals surface area (Å²) in [5, 5.41) is 11.7. The Kier molecular flexibility index (Phi) is 4.55. The number of hydrogen-bond acceptors (Lipinski definition) is 7. The lowest BCUT2D eigenvalue weighted by molar-refractivity contribution is -0.141. The summed E-state index contributed by atoms with van der Waals surface area (Å²) in [7, 11) is 0. The van der Waals surface area contributed by atoms with Crippen LogP contribution in [0.25, 0.3) is 0 Å². The standard InChI is InChI=1S/C16H21N7O2/c24-15(14-4-1-9-25-14)22-7-3-8-23-13(11-22)12(20-21-23)10-19-16-17-5-2-6-18-16/h2,5-6,14H,1,3-4,7-11H2,(H,17,18,19)/t14-/m0/s1. The van der Waals surface area contributed by atoms with Gasteiger partial charge in [-0.25, -0.2) is 14.6 Å². The van der Waals surface area contributed by atoms with E-state index in [9.17, 15) is 4.79 Å². The van der Waals surface area contributed by atoms with Crippen molar-refractivity contribution in [2.75, 3.05) is 18.5 Å². The van der Waals surface area contributed by atoms with Gasteiger partial charge < -0.3 is 15.0 Å². The Balaban J connectivity index is 1.48. The average molecular weight is 343 g/mol. The molecule has 1 atom stereocenters. The monoisotopic (exact) mass is 343 g/mol. The van der Waals surface area contributed by atoms with Crippen molar-refractivity contribution < 1.29 is 9.53 Å². The number of carbonyl (C=O) groups excluding carboxylic acids is 1. The molecule has 0 aromatic carbocycles. The van der Waals surface area contributed by atoms with Gasteiger partial charge in [-0.15, -0.1) is 5.10 Å². The highest BCUT2D eigenvalue weighted by Gasteiger charge is 2.30. The fraction of sp³-hybridized carbons (Fsp3) is 0.562. The first kappa shape index (κ1) is 15.9. The van der Waals surface area contributed by atoms with Gasteiger partial charge >= 0.3 is 0 Å². The molecule has 4 heterocycles. The molecule has 2 aromatic heterocycles. The number of ether oxygens (including phenoxy) is 1. The Morgan fingerprint density at radius 2 is 2.16 bits per heavy atom. The molecule has 0 saturated carbocycles. The number of rotatable bonds is 4. The molecule has 0 unspecified atom stereocenters. The molecule has 9 nitrogen and oxygen atoms in total. The molecule has 2 aliphatic heterocycles. The van der Waals surface area contributed by atoms with Crippen molar-refractivity contribution in [1.82, 2.24) is 29.9 Å². The van der Waals surface area contributed by atoms with E-state index < -0.39 is 0 Å². The number of fused-ring (bicyclic) bond motifs is 1. The van der Waals surface area contributed by atoms with E-state index >= 15 is 0 Å². The molecule has 2 aromatic rings. The molecule has 0 aliphatic carbocycles. The highest BCUT2D eigenvalue weighted by Crippen LogP contribution is 2.20. The van der Waals surface area contributed by atoms with Gasteiger partial charge in [-0.3, -0.25) is 4.79 Å². The Hall–Kier alpha value is -2.55. The second-order valence-corrected chi connectivity index (χ2v) is 6.25. The number of aromatic nitrogens is 5. The normalized spacial score (nSPS) is 20.2. The first-order chi connectivity index (χ1) is 12.3. The zero-order chi connectivity index (χ0) is 17.1. The van der Waals surface area contributed by atoms with Crippen LogP contribution in [0.4, 0.5) is 5.95 Å². The molecule has 0 spiro atoms. The van der Waals surface area contributed by atoms with E-state index in [1.54, 1.807) is 18.5 Å². The third-order valence-electron chi connectivity index (χ3n) is 4.55. The van der Waals surface area contributed by atoms with Crippen LogP contribution in [0.5, 0.6) is 0 Å². The van der Waals surface area contributed by atoms with Gasteiger partial charge in [0.1, 0.15) is 11.8 Å². The van der Waals surface area contributed by atoms with Gasteiger partial charge in [-0.05, 0) is 25.3 Å². The Morgan fingerprint density at radius 1 is 1.28 bits per heavy atom. The number of nitrogens with one attached hydrogen (secondary N) is 1. The van der Waals surface area contributed by atoms with Crippen molar-refractivity contribution in [2.45, 2.75) is 45.0 Å². The highest BCUT2D eigenvalue weighted by molar-refractivity contribution is 5.81. The number of aryl methyl sites for hydroxylation is 1. The van der Waals surface area contributed by atoms with E-state index in [4.69, 9.17) is 4.74 Å². The molecule has 25 heavy (non-hydrogen) atoms. The van der Waals surface area contributed by atoms with Crippen LogP contribution in [0, 0.1) is 0 Å². The van der Waals surface area contributed by atoms with Crippen LogP contribution in [-0.2, 0) is 29.2 Å². The van der Waals surface area contributed by atoms with Crippen molar-refractivity contribution in [2.24, 2.45) is 0 Å². The largest absolute Gasteiger partial charge is 0.368 e. The van der Waals surface area contributed by atoms with Crippen LogP contribution in [0.1, 0.15) is 30.7 Å². The number of anilines is 1. The molecule has 1 N–H and O–H groups in total. The number of carbonyl (C=O) groups is 1. The summed E-state index contributed by atoms with van der Waals surface area (Å²) < 4.78 is 7.45. The third kappa shape index (κ3) is 3.46. The molecule has 4 rings (SSSR count). The second kappa shape index (κ2) is 7.14. The minimum absolute atomic E-state index is 0.0810. The van der Waals surface area contributed by atoms with Gasteiger partial charge in [-0.1, -0.05) is 5.21 Å². The molecule has 0 radical (unpaired) electrons. The van der Waals surface area contributed by atoms with E-state index in [2.05, 4.69) is 25.6 Å². The van der Waals surface area contributed by atoms with Crippen molar-refractivity contribution in [3.05, 3.63) is 29.8 Å². The lowest BCUT2D eigenvalue weighted by atomic mass is 10.2. The molecule has 1 fully saturated rings. The number of amides is 1. The summed E-state index contributed by atoms with van der Waals surface area (Å²) in [6, 6.07) is 1.77. The van der Waals surface area contributed by atoms with Crippen molar-refractivity contribution >= 4 is 11.9 Å². The van der Waals surface area contributed by atoms with Crippen molar-refractivity contribution in [3.8, 4) is 0 Å². The maximum Gasteiger partial charge on any atom is 0.252 e. The molecule has 1 amide bonds. The topological polar surface area (TPSA) is 98.1 Å². The van der Waals surface area contributed by atoms with E-state index in [1.807, 2.05) is 9.58 Å². The highest BCUT2D eigenvalue weighted by atomic mass is 16.5. The SMILES string of the molecule is O=C([C@@H]1CCCO1)N1CCCn2nnc(CNc3ncccn3)c2C1. The summed E-state index contributed by atoms with van der Waals surface area (Å²) in [4.78, 5) is 22.9. The van der Waals surface area contributed by atoms with Crippen LogP contribution in [0.2, 0.25) is 0 Å². The number of hydrogen-bond donors (Lipinski definition) is 1.